The standard InChI is InChI=1S/C13H22N6/c1-9-11(17-14)15-13(10-5-6-10)16-12(9)18-19-7-3-2-4-8-19/h10H,2-8,14H2,1H3,(H2,15,16,17,18). The Hall–Kier alpha value is -1.40. The van der Waals surface area contributed by atoms with Crippen LogP contribution in [0, 0.1) is 6.92 Å². The summed E-state index contributed by atoms with van der Waals surface area (Å²) in [6, 6.07) is 0. The van der Waals surface area contributed by atoms with Gasteiger partial charge in [0, 0.05) is 24.6 Å². The predicted octanol–water partition coefficient (Wildman–Crippen LogP) is 1.76. The van der Waals surface area contributed by atoms with E-state index in [1.54, 1.807) is 0 Å². The van der Waals surface area contributed by atoms with E-state index in [-0.39, 0.29) is 0 Å². The van der Waals surface area contributed by atoms with E-state index in [9.17, 15) is 0 Å². The van der Waals surface area contributed by atoms with E-state index < -0.39 is 0 Å². The Morgan fingerprint density at radius 3 is 2.42 bits per heavy atom. The summed E-state index contributed by atoms with van der Waals surface area (Å²) in [4.78, 5) is 9.18. The van der Waals surface area contributed by atoms with Crippen molar-refractivity contribution in [3.63, 3.8) is 0 Å². The zero-order valence-corrected chi connectivity index (χ0v) is 11.4. The monoisotopic (exact) mass is 262 g/mol. The molecule has 1 aromatic heterocycles. The molecule has 0 unspecified atom stereocenters. The molecule has 4 N–H and O–H groups in total. The average Bonchev–Trinajstić information content (AvgIpc) is 3.27. The number of nitrogen functional groups attached to an aromatic ring is 1. The zero-order chi connectivity index (χ0) is 13.2. The van der Waals surface area contributed by atoms with Crippen LogP contribution in [0.15, 0.2) is 0 Å². The summed E-state index contributed by atoms with van der Waals surface area (Å²) in [5.74, 6) is 8.63. The largest absolute Gasteiger partial charge is 0.308 e. The van der Waals surface area contributed by atoms with Crippen molar-refractivity contribution in [2.45, 2.75) is 44.9 Å². The summed E-state index contributed by atoms with van der Waals surface area (Å²) < 4.78 is 0. The first kappa shape index (κ1) is 12.6. The molecule has 0 aromatic carbocycles. The van der Waals surface area contributed by atoms with Gasteiger partial charge >= 0.3 is 0 Å². The summed E-state index contributed by atoms with van der Waals surface area (Å²) in [7, 11) is 0. The first-order chi connectivity index (χ1) is 9.28. The maximum atomic E-state index is 5.56. The van der Waals surface area contributed by atoms with Crippen LogP contribution in [0.2, 0.25) is 0 Å². The van der Waals surface area contributed by atoms with Gasteiger partial charge in [-0.15, -0.1) is 0 Å². The predicted molar refractivity (Wildman–Crippen MR) is 75.6 cm³/mol. The van der Waals surface area contributed by atoms with Crippen LogP contribution >= 0.6 is 0 Å². The molecular formula is C13H22N6. The van der Waals surface area contributed by atoms with Gasteiger partial charge in [-0.3, -0.25) is 0 Å². The fourth-order valence-electron chi connectivity index (χ4n) is 2.46. The number of rotatable bonds is 4. The normalized spacial score (nSPS) is 20.3. The van der Waals surface area contributed by atoms with Crippen LogP contribution in [0.25, 0.3) is 0 Å². The van der Waals surface area contributed by atoms with E-state index in [4.69, 9.17) is 5.84 Å². The molecule has 104 valence electrons. The highest BCUT2D eigenvalue weighted by Gasteiger charge is 2.28. The molecule has 2 aliphatic rings. The number of hydrogen-bond donors (Lipinski definition) is 3. The van der Waals surface area contributed by atoms with E-state index in [1.165, 1.54) is 32.1 Å². The van der Waals surface area contributed by atoms with Gasteiger partial charge in [-0.1, -0.05) is 6.42 Å². The highest BCUT2D eigenvalue weighted by Crippen LogP contribution is 2.39. The van der Waals surface area contributed by atoms with E-state index in [0.29, 0.717) is 5.92 Å². The number of nitrogens with two attached hydrogens (primary N) is 1. The molecule has 6 heteroatoms. The lowest BCUT2D eigenvalue weighted by Gasteiger charge is -2.28. The number of piperidine rings is 1. The van der Waals surface area contributed by atoms with Crippen molar-refractivity contribution in [1.82, 2.24) is 15.0 Å². The maximum Gasteiger partial charge on any atom is 0.149 e. The second-order valence-electron chi connectivity index (χ2n) is 5.48. The zero-order valence-electron chi connectivity index (χ0n) is 11.4. The van der Waals surface area contributed by atoms with E-state index in [0.717, 1.165) is 36.1 Å². The quantitative estimate of drug-likeness (QED) is 0.567. The molecule has 2 heterocycles. The first-order valence-electron chi connectivity index (χ1n) is 7.14. The van der Waals surface area contributed by atoms with Crippen molar-refractivity contribution in [3.05, 3.63) is 11.4 Å². The van der Waals surface area contributed by atoms with E-state index in [2.05, 4.69) is 25.8 Å². The van der Waals surface area contributed by atoms with E-state index in [1.807, 2.05) is 6.92 Å². The number of nitrogens with one attached hydrogen (secondary N) is 2. The Morgan fingerprint density at radius 2 is 1.79 bits per heavy atom. The Labute approximate surface area is 113 Å². The van der Waals surface area contributed by atoms with Crippen molar-refractivity contribution in [2.24, 2.45) is 5.84 Å². The van der Waals surface area contributed by atoms with Gasteiger partial charge < -0.3 is 10.9 Å². The van der Waals surface area contributed by atoms with Crippen LogP contribution in [-0.4, -0.2) is 28.1 Å². The molecule has 0 atom stereocenters. The van der Waals surface area contributed by atoms with Crippen LogP contribution in [0.3, 0.4) is 0 Å². The second kappa shape index (κ2) is 5.30. The second-order valence-corrected chi connectivity index (χ2v) is 5.48. The Kier molecular flexibility index (Phi) is 3.52. The maximum absolute atomic E-state index is 5.56. The highest BCUT2D eigenvalue weighted by molar-refractivity contribution is 5.56. The fraction of sp³-hybridized carbons (Fsp3) is 0.692. The van der Waals surface area contributed by atoms with Crippen LogP contribution in [0.5, 0.6) is 0 Å². The number of nitrogens with zero attached hydrogens (tertiary/aromatic N) is 3. The average molecular weight is 262 g/mol. The van der Waals surface area contributed by atoms with Crippen molar-refractivity contribution >= 4 is 11.6 Å². The molecule has 0 bridgehead atoms. The molecule has 3 rings (SSSR count). The topological polar surface area (TPSA) is 79.1 Å². The van der Waals surface area contributed by atoms with Gasteiger partial charge in [0.25, 0.3) is 0 Å². The van der Waals surface area contributed by atoms with E-state index >= 15 is 0 Å². The van der Waals surface area contributed by atoms with Gasteiger partial charge in [0.15, 0.2) is 0 Å². The molecule has 0 spiro atoms. The smallest absolute Gasteiger partial charge is 0.149 e. The molecule has 1 saturated heterocycles. The van der Waals surface area contributed by atoms with Crippen molar-refractivity contribution < 1.29 is 0 Å². The van der Waals surface area contributed by atoms with Crippen molar-refractivity contribution in [3.8, 4) is 0 Å². The lowest BCUT2D eigenvalue weighted by molar-refractivity contribution is 0.272. The lowest BCUT2D eigenvalue weighted by Crippen LogP contribution is -2.35. The summed E-state index contributed by atoms with van der Waals surface area (Å²) in [6.07, 6.45) is 6.19. The Bertz CT molecular complexity index is 451. The summed E-state index contributed by atoms with van der Waals surface area (Å²) in [5, 5.41) is 2.25. The minimum absolute atomic E-state index is 0.523. The molecule has 0 radical (unpaired) electrons. The van der Waals surface area contributed by atoms with Crippen molar-refractivity contribution in [1.29, 1.82) is 0 Å². The molecule has 1 saturated carbocycles. The molecule has 2 fully saturated rings. The summed E-state index contributed by atoms with van der Waals surface area (Å²) in [5.41, 5.74) is 7.10. The third kappa shape index (κ3) is 2.79. The van der Waals surface area contributed by atoms with Gasteiger partial charge in [-0.2, -0.15) is 0 Å². The molecule has 1 aromatic rings. The first-order valence-corrected chi connectivity index (χ1v) is 7.14. The minimum Gasteiger partial charge on any atom is -0.308 e. The molecule has 6 nitrogen and oxygen atoms in total. The fourth-order valence-corrected chi connectivity index (χ4v) is 2.46. The van der Waals surface area contributed by atoms with Crippen molar-refractivity contribution in [2.75, 3.05) is 23.9 Å². The van der Waals surface area contributed by atoms with Gasteiger partial charge in [-0.25, -0.2) is 20.8 Å². The molecule has 19 heavy (non-hydrogen) atoms. The molecule has 0 amide bonds. The number of hydrazine groups is 2. The molecular weight excluding hydrogens is 240 g/mol. The van der Waals surface area contributed by atoms with Crippen LogP contribution < -0.4 is 16.7 Å². The van der Waals surface area contributed by atoms with Gasteiger partial charge in [0.1, 0.15) is 17.5 Å². The minimum atomic E-state index is 0.523. The Morgan fingerprint density at radius 1 is 1.11 bits per heavy atom. The Balaban J connectivity index is 1.83. The number of aromatic nitrogens is 2. The van der Waals surface area contributed by atoms with Crippen LogP contribution in [-0.2, 0) is 0 Å². The van der Waals surface area contributed by atoms with Gasteiger partial charge in [0.05, 0.1) is 0 Å². The SMILES string of the molecule is Cc1c(NN)nc(C2CC2)nc1NN1CCCCC1. The molecule has 1 aliphatic carbocycles. The van der Waals surface area contributed by atoms with Gasteiger partial charge in [-0.05, 0) is 32.6 Å². The van der Waals surface area contributed by atoms with Gasteiger partial charge in [0.2, 0.25) is 0 Å². The third-order valence-electron chi connectivity index (χ3n) is 3.86. The van der Waals surface area contributed by atoms with Crippen LogP contribution in [0.1, 0.15) is 49.4 Å². The summed E-state index contributed by atoms with van der Waals surface area (Å²) in [6.45, 7) is 4.15. The lowest BCUT2D eigenvalue weighted by atomic mass is 10.2. The summed E-state index contributed by atoms with van der Waals surface area (Å²) >= 11 is 0. The highest BCUT2D eigenvalue weighted by atomic mass is 15.5. The molecule has 1 aliphatic heterocycles. The van der Waals surface area contributed by atoms with Crippen LogP contribution in [0.4, 0.5) is 11.6 Å². The number of hydrogen-bond acceptors (Lipinski definition) is 6. The third-order valence-corrected chi connectivity index (χ3v) is 3.86. The number of anilines is 2.